The number of hydrogen-bond acceptors (Lipinski definition) is 3. The van der Waals surface area contributed by atoms with Crippen molar-refractivity contribution in [2.24, 2.45) is 0 Å². The molecule has 0 N–H and O–H groups in total. The normalized spacial score (nSPS) is 23.9. The molecule has 4 rings (SSSR count). The van der Waals surface area contributed by atoms with E-state index in [2.05, 4.69) is 28.7 Å². The second-order valence-electron chi connectivity index (χ2n) is 7.47. The number of nitrogens with zero attached hydrogens (tertiary/aromatic N) is 4. The highest BCUT2D eigenvalue weighted by atomic mass is 16.2. The number of carbonyl (C=O) groups is 1. The van der Waals surface area contributed by atoms with Crippen molar-refractivity contribution in [1.29, 1.82) is 0 Å². The lowest BCUT2D eigenvalue weighted by atomic mass is 10.1. The summed E-state index contributed by atoms with van der Waals surface area (Å²) in [6.45, 7) is 6.25. The molecule has 2 fully saturated rings. The van der Waals surface area contributed by atoms with Crippen molar-refractivity contribution in [3.8, 4) is 5.69 Å². The van der Waals surface area contributed by atoms with Gasteiger partial charge in [0.2, 0.25) is 0 Å². The highest BCUT2D eigenvalue weighted by Gasteiger charge is 2.39. The lowest BCUT2D eigenvalue weighted by molar-refractivity contribution is 0.0728. The Hall–Kier alpha value is -2.14. The number of aromatic nitrogens is 2. The van der Waals surface area contributed by atoms with Gasteiger partial charge in [-0.2, -0.15) is 5.10 Å². The lowest BCUT2D eigenvalue weighted by Gasteiger charge is -2.32. The van der Waals surface area contributed by atoms with Gasteiger partial charge in [-0.3, -0.25) is 9.69 Å². The van der Waals surface area contributed by atoms with Crippen LogP contribution in [0.5, 0.6) is 0 Å². The van der Waals surface area contributed by atoms with Gasteiger partial charge in [-0.1, -0.05) is 6.07 Å². The van der Waals surface area contributed by atoms with Crippen LogP contribution in [0.3, 0.4) is 0 Å². The van der Waals surface area contributed by atoms with Crippen LogP contribution < -0.4 is 0 Å². The minimum atomic E-state index is 0.144. The van der Waals surface area contributed by atoms with Crippen molar-refractivity contribution in [1.82, 2.24) is 19.6 Å². The number of benzene rings is 1. The topological polar surface area (TPSA) is 41.4 Å². The fourth-order valence-corrected chi connectivity index (χ4v) is 4.52. The number of rotatable bonds is 3. The molecule has 0 spiro atoms. The summed E-state index contributed by atoms with van der Waals surface area (Å²) in [5, 5.41) is 4.26. The monoisotopic (exact) mass is 338 g/mol. The van der Waals surface area contributed by atoms with Gasteiger partial charge in [-0.15, -0.1) is 0 Å². The van der Waals surface area contributed by atoms with Gasteiger partial charge in [0, 0.05) is 49.2 Å². The summed E-state index contributed by atoms with van der Waals surface area (Å²) in [5.74, 6) is 0.144. The maximum Gasteiger partial charge on any atom is 0.253 e. The standard InChI is InChI=1S/C20H26N4O/c1-15(2)24-17-7-8-19(24)14-22(12-9-17)20(25)16-5-3-6-18(13-16)23-11-4-10-21-23/h3-6,10-11,13,15,17,19H,7-9,12,14H2,1-2H3/t17-,19-/m0/s1. The van der Waals surface area contributed by atoms with E-state index in [9.17, 15) is 4.79 Å². The molecule has 2 aliphatic heterocycles. The van der Waals surface area contributed by atoms with Crippen LogP contribution in [0.15, 0.2) is 42.7 Å². The minimum absolute atomic E-state index is 0.144. The first-order valence-corrected chi connectivity index (χ1v) is 9.30. The van der Waals surface area contributed by atoms with Gasteiger partial charge in [-0.25, -0.2) is 4.68 Å². The fourth-order valence-electron chi connectivity index (χ4n) is 4.52. The molecule has 0 radical (unpaired) electrons. The molecule has 2 saturated heterocycles. The van der Waals surface area contributed by atoms with Gasteiger partial charge in [0.05, 0.1) is 5.69 Å². The molecule has 5 heteroatoms. The van der Waals surface area contributed by atoms with E-state index in [0.29, 0.717) is 18.1 Å². The van der Waals surface area contributed by atoms with Crippen LogP contribution in [0.25, 0.3) is 5.69 Å². The van der Waals surface area contributed by atoms with Gasteiger partial charge >= 0.3 is 0 Å². The van der Waals surface area contributed by atoms with E-state index in [0.717, 1.165) is 30.8 Å². The van der Waals surface area contributed by atoms with Crippen molar-refractivity contribution in [2.45, 2.75) is 51.2 Å². The molecule has 3 heterocycles. The number of carbonyl (C=O) groups excluding carboxylic acids is 1. The van der Waals surface area contributed by atoms with Crippen LogP contribution in [0.1, 0.15) is 43.5 Å². The second kappa shape index (κ2) is 6.64. The van der Waals surface area contributed by atoms with Crippen molar-refractivity contribution in [2.75, 3.05) is 13.1 Å². The molecule has 132 valence electrons. The molecule has 25 heavy (non-hydrogen) atoms. The molecule has 2 bridgehead atoms. The Balaban J connectivity index is 1.55. The fraction of sp³-hybridized carbons (Fsp3) is 0.500. The molecule has 1 aromatic carbocycles. The molecule has 1 aromatic heterocycles. The summed E-state index contributed by atoms with van der Waals surface area (Å²) in [4.78, 5) is 17.8. The zero-order chi connectivity index (χ0) is 17.4. The average Bonchev–Trinajstić information content (AvgIpc) is 3.22. The Morgan fingerprint density at radius 1 is 1.16 bits per heavy atom. The number of fused-ring (bicyclic) bond motifs is 2. The molecular formula is C20H26N4O. The van der Waals surface area contributed by atoms with E-state index in [4.69, 9.17) is 0 Å². The van der Waals surface area contributed by atoms with Crippen molar-refractivity contribution >= 4 is 5.91 Å². The summed E-state index contributed by atoms with van der Waals surface area (Å²) >= 11 is 0. The average molecular weight is 338 g/mol. The number of amides is 1. The number of likely N-dealkylation sites (tertiary alicyclic amines) is 1. The first-order valence-electron chi connectivity index (χ1n) is 9.30. The van der Waals surface area contributed by atoms with Crippen LogP contribution in [0.4, 0.5) is 0 Å². The third-order valence-electron chi connectivity index (χ3n) is 5.59. The van der Waals surface area contributed by atoms with Gasteiger partial charge in [0.1, 0.15) is 0 Å². The van der Waals surface area contributed by atoms with Gasteiger partial charge < -0.3 is 4.90 Å². The van der Waals surface area contributed by atoms with Crippen molar-refractivity contribution in [3.05, 3.63) is 48.3 Å². The van der Waals surface area contributed by atoms with E-state index in [1.54, 1.807) is 10.9 Å². The van der Waals surface area contributed by atoms with Gasteiger partial charge in [-0.05, 0) is 57.4 Å². The van der Waals surface area contributed by atoms with E-state index in [-0.39, 0.29) is 5.91 Å². The van der Waals surface area contributed by atoms with Gasteiger partial charge in [0.25, 0.3) is 5.91 Å². The van der Waals surface area contributed by atoms with Crippen LogP contribution in [-0.2, 0) is 0 Å². The molecule has 1 amide bonds. The first-order chi connectivity index (χ1) is 12.1. The predicted molar refractivity (Wildman–Crippen MR) is 97.9 cm³/mol. The number of hydrogen-bond donors (Lipinski definition) is 0. The molecule has 2 aromatic rings. The van der Waals surface area contributed by atoms with Crippen LogP contribution >= 0.6 is 0 Å². The maximum atomic E-state index is 13.1. The van der Waals surface area contributed by atoms with Crippen molar-refractivity contribution < 1.29 is 4.79 Å². The first kappa shape index (κ1) is 16.3. The molecule has 2 atom stereocenters. The predicted octanol–water partition coefficient (Wildman–Crippen LogP) is 2.96. The Morgan fingerprint density at radius 3 is 2.76 bits per heavy atom. The van der Waals surface area contributed by atoms with Crippen LogP contribution in [0, 0.1) is 0 Å². The Bertz CT molecular complexity index is 740. The zero-order valence-electron chi connectivity index (χ0n) is 15.0. The van der Waals surface area contributed by atoms with E-state index in [1.165, 1.54) is 12.8 Å². The van der Waals surface area contributed by atoms with Crippen molar-refractivity contribution in [3.63, 3.8) is 0 Å². The Kier molecular flexibility index (Phi) is 4.34. The highest BCUT2D eigenvalue weighted by Crippen LogP contribution is 2.32. The molecular weight excluding hydrogens is 312 g/mol. The summed E-state index contributed by atoms with van der Waals surface area (Å²) in [6, 6.07) is 11.4. The summed E-state index contributed by atoms with van der Waals surface area (Å²) in [6.07, 6.45) is 7.22. The SMILES string of the molecule is CC(C)N1[C@H]2CC[C@H]1CN(C(=O)c1cccc(-n3cccn3)c1)CC2. The van der Waals surface area contributed by atoms with Crippen LogP contribution in [-0.4, -0.2) is 56.7 Å². The lowest BCUT2D eigenvalue weighted by Crippen LogP contribution is -2.44. The van der Waals surface area contributed by atoms with E-state index < -0.39 is 0 Å². The smallest absolute Gasteiger partial charge is 0.253 e. The third-order valence-corrected chi connectivity index (χ3v) is 5.59. The Labute approximate surface area is 149 Å². The Morgan fingerprint density at radius 2 is 2.00 bits per heavy atom. The molecule has 5 nitrogen and oxygen atoms in total. The highest BCUT2D eigenvalue weighted by molar-refractivity contribution is 5.94. The molecule has 0 unspecified atom stereocenters. The largest absolute Gasteiger partial charge is 0.337 e. The molecule has 0 aliphatic carbocycles. The quantitative estimate of drug-likeness (QED) is 0.864. The molecule has 2 aliphatic rings. The minimum Gasteiger partial charge on any atom is -0.337 e. The maximum absolute atomic E-state index is 13.1. The van der Waals surface area contributed by atoms with E-state index >= 15 is 0 Å². The van der Waals surface area contributed by atoms with Gasteiger partial charge in [0.15, 0.2) is 0 Å². The van der Waals surface area contributed by atoms with E-state index in [1.807, 2.05) is 36.5 Å². The summed E-state index contributed by atoms with van der Waals surface area (Å²) < 4.78 is 1.79. The zero-order valence-corrected chi connectivity index (χ0v) is 15.0. The second-order valence-corrected chi connectivity index (χ2v) is 7.47. The summed E-state index contributed by atoms with van der Waals surface area (Å²) in [5.41, 5.74) is 1.68. The summed E-state index contributed by atoms with van der Waals surface area (Å²) in [7, 11) is 0. The third kappa shape index (κ3) is 3.09. The molecule has 0 saturated carbocycles. The van der Waals surface area contributed by atoms with Crippen LogP contribution in [0.2, 0.25) is 0 Å².